The highest BCUT2D eigenvalue weighted by molar-refractivity contribution is 9.10. The summed E-state index contributed by atoms with van der Waals surface area (Å²) in [5.74, 6) is -1.27. The van der Waals surface area contributed by atoms with E-state index in [4.69, 9.17) is 5.11 Å². The van der Waals surface area contributed by atoms with Gasteiger partial charge >= 0.3 is 5.97 Å². The van der Waals surface area contributed by atoms with Crippen LogP contribution in [0.5, 0.6) is 0 Å². The lowest BCUT2D eigenvalue weighted by Crippen LogP contribution is -2.32. The Morgan fingerprint density at radius 2 is 2.27 bits per heavy atom. The van der Waals surface area contributed by atoms with Gasteiger partial charge in [-0.2, -0.15) is 0 Å². The standard InChI is InChI=1S/C8H9BrO2/c1-8(9)5-3-2-4-6(8)7(10)11/h2-6H,1H3,(H,10,11). The normalized spacial score (nSPS) is 35.6. The fourth-order valence-electron chi connectivity index (χ4n) is 1.03. The average molecular weight is 217 g/mol. The lowest BCUT2D eigenvalue weighted by molar-refractivity contribution is -0.140. The highest BCUT2D eigenvalue weighted by Crippen LogP contribution is 2.32. The molecule has 3 heteroatoms. The van der Waals surface area contributed by atoms with E-state index in [1.807, 2.05) is 19.1 Å². The summed E-state index contributed by atoms with van der Waals surface area (Å²) in [6.45, 7) is 1.84. The Labute approximate surface area is 73.7 Å². The van der Waals surface area contributed by atoms with E-state index in [0.29, 0.717) is 0 Å². The Bertz CT molecular complexity index is 228. The minimum absolute atomic E-state index is 0.437. The van der Waals surface area contributed by atoms with Gasteiger partial charge in [0.15, 0.2) is 0 Å². The predicted molar refractivity (Wildman–Crippen MR) is 46.7 cm³/mol. The molecule has 2 atom stereocenters. The number of carbonyl (C=O) groups is 1. The first-order chi connectivity index (χ1) is 5.04. The molecule has 2 nitrogen and oxygen atoms in total. The molecule has 0 amide bonds. The molecule has 0 aromatic rings. The van der Waals surface area contributed by atoms with Crippen LogP contribution in [0.4, 0.5) is 0 Å². The van der Waals surface area contributed by atoms with Crippen LogP contribution in [0.25, 0.3) is 0 Å². The van der Waals surface area contributed by atoms with Gasteiger partial charge in [0.2, 0.25) is 0 Å². The Kier molecular flexibility index (Phi) is 2.18. The number of hydrogen-bond donors (Lipinski definition) is 1. The van der Waals surface area contributed by atoms with E-state index in [2.05, 4.69) is 15.9 Å². The lowest BCUT2D eigenvalue weighted by atomic mass is 9.90. The predicted octanol–water partition coefficient (Wildman–Crippen LogP) is 1.97. The van der Waals surface area contributed by atoms with Crippen LogP contribution in [0.2, 0.25) is 0 Å². The van der Waals surface area contributed by atoms with Crippen molar-refractivity contribution in [1.82, 2.24) is 0 Å². The van der Waals surface area contributed by atoms with Crippen LogP contribution in [0.15, 0.2) is 24.3 Å². The van der Waals surface area contributed by atoms with Crippen LogP contribution in [0.3, 0.4) is 0 Å². The van der Waals surface area contributed by atoms with Crippen LogP contribution >= 0.6 is 15.9 Å². The summed E-state index contributed by atoms with van der Waals surface area (Å²) >= 11 is 3.34. The summed E-state index contributed by atoms with van der Waals surface area (Å²) in [5, 5.41) is 8.76. The maximum absolute atomic E-state index is 10.7. The van der Waals surface area contributed by atoms with E-state index >= 15 is 0 Å². The van der Waals surface area contributed by atoms with Gasteiger partial charge in [-0.3, -0.25) is 4.79 Å². The van der Waals surface area contributed by atoms with Crippen molar-refractivity contribution in [2.45, 2.75) is 11.2 Å². The van der Waals surface area contributed by atoms with Gasteiger partial charge in [-0.25, -0.2) is 0 Å². The van der Waals surface area contributed by atoms with E-state index in [1.165, 1.54) is 0 Å². The smallest absolute Gasteiger partial charge is 0.312 e. The number of halogens is 1. The van der Waals surface area contributed by atoms with Crippen LogP contribution < -0.4 is 0 Å². The van der Waals surface area contributed by atoms with Crippen molar-refractivity contribution in [2.75, 3.05) is 0 Å². The number of hydrogen-bond acceptors (Lipinski definition) is 1. The van der Waals surface area contributed by atoms with Crippen molar-refractivity contribution in [3.8, 4) is 0 Å². The van der Waals surface area contributed by atoms with E-state index in [9.17, 15) is 4.79 Å². The summed E-state index contributed by atoms with van der Waals surface area (Å²) in [6, 6.07) is 0. The van der Waals surface area contributed by atoms with Crippen LogP contribution in [0.1, 0.15) is 6.92 Å². The quantitative estimate of drug-likeness (QED) is 0.681. The molecule has 0 spiro atoms. The molecule has 0 bridgehead atoms. The Morgan fingerprint density at radius 1 is 1.64 bits per heavy atom. The molecule has 0 saturated heterocycles. The van der Waals surface area contributed by atoms with E-state index in [1.54, 1.807) is 12.2 Å². The third-order valence-electron chi connectivity index (χ3n) is 1.71. The van der Waals surface area contributed by atoms with Gasteiger partial charge in [0.05, 0.1) is 10.2 Å². The van der Waals surface area contributed by atoms with Crippen molar-refractivity contribution in [3.63, 3.8) is 0 Å². The first kappa shape index (κ1) is 8.53. The monoisotopic (exact) mass is 216 g/mol. The zero-order valence-corrected chi connectivity index (χ0v) is 7.71. The molecule has 0 fully saturated rings. The molecule has 1 rings (SSSR count). The number of aliphatic carboxylic acids is 1. The Balaban J connectivity index is 2.89. The summed E-state index contributed by atoms with van der Waals surface area (Å²) in [4.78, 5) is 10.7. The fourth-order valence-corrected chi connectivity index (χ4v) is 1.54. The van der Waals surface area contributed by atoms with Crippen molar-refractivity contribution < 1.29 is 9.90 Å². The molecule has 0 aliphatic heterocycles. The second-order valence-electron chi connectivity index (χ2n) is 2.71. The van der Waals surface area contributed by atoms with Gasteiger partial charge in [-0.05, 0) is 6.92 Å². The van der Waals surface area contributed by atoms with Crippen molar-refractivity contribution in [3.05, 3.63) is 24.3 Å². The van der Waals surface area contributed by atoms with E-state index < -0.39 is 16.2 Å². The van der Waals surface area contributed by atoms with Gasteiger partial charge in [-0.1, -0.05) is 40.2 Å². The molecule has 11 heavy (non-hydrogen) atoms. The molecule has 0 aromatic carbocycles. The summed E-state index contributed by atoms with van der Waals surface area (Å²) < 4.78 is -0.437. The molecular formula is C8H9BrO2. The molecule has 1 aliphatic rings. The van der Waals surface area contributed by atoms with Gasteiger partial charge in [-0.15, -0.1) is 0 Å². The molecule has 1 aliphatic carbocycles. The molecular weight excluding hydrogens is 208 g/mol. The third-order valence-corrected chi connectivity index (χ3v) is 2.47. The van der Waals surface area contributed by atoms with Crippen molar-refractivity contribution in [1.29, 1.82) is 0 Å². The number of carboxylic acid groups (broad SMARTS) is 1. The molecule has 0 aromatic heterocycles. The summed E-state index contributed by atoms with van der Waals surface area (Å²) in [6.07, 6.45) is 7.11. The number of alkyl halides is 1. The zero-order chi connectivity index (χ0) is 8.48. The second-order valence-corrected chi connectivity index (χ2v) is 4.42. The summed E-state index contributed by atoms with van der Waals surface area (Å²) in [5.41, 5.74) is 0. The van der Waals surface area contributed by atoms with Crippen molar-refractivity contribution in [2.24, 2.45) is 5.92 Å². The molecule has 1 N–H and O–H groups in total. The SMILES string of the molecule is CC1(Br)C=CC=CC1C(=O)O. The van der Waals surface area contributed by atoms with Gasteiger partial charge in [0, 0.05) is 0 Å². The highest BCUT2D eigenvalue weighted by Gasteiger charge is 2.33. The number of allylic oxidation sites excluding steroid dienone is 3. The highest BCUT2D eigenvalue weighted by atomic mass is 79.9. The first-order valence-corrected chi connectivity index (χ1v) is 4.11. The third kappa shape index (κ3) is 1.71. The van der Waals surface area contributed by atoms with Gasteiger partial charge in [0.1, 0.15) is 0 Å². The van der Waals surface area contributed by atoms with Crippen molar-refractivity contribution >= 4 is 21.9 Å². The molecule has 2 unspecified atom stereocenters. The Morgan fingerprint density at radius 3 is 2.64 bits per heavy atom. The van der Waals surface area contributed by atoms with Gasteiger partial charge in [0.25, 0.3) is 0 Å². The molecule has 60 valence electrons. The molecule has 0 saturated carbocycles. The van der Waals surface area contributed by atoms with Crippen LogP contribution in [-0.2, 0) is 4.79 Å². The average Bonchev–Trinajstić information content (AvgIpc) is 1.85. The second kappa shape index (κ2) is 2.81. The topological polar surface area (TPSA) is 37.3 Å². The van der Waals surface area contributed by atoms with Gasteiger partial charge < -0.3 is 5.11 Å². The molecule has 0 radical (unpaired) electrons. The largest absolute Gasteiger partial charge is 0.481 e. The van der Waals surface area contributed by atoms with E-state index in [-0.39, 0.29) is 0 Å². The minimum Gasteiger partial charge on any atom is -0.481 e. The van der Waals surface area contributed by atoms with Crippen LogP contribution in [0, 0.1) is 5.92 Å². The zero-order valence-electron chi connectivity index (χ0n) is 6.12. The molecule has 0 heterocycles. The maximum Gasteiger partial charge on any atom is 0.312 e. The fraction of sp³-hybridized carbons (Fsp3) is 0.375. The summed E-state index contributed by atoms with van der Waals surface area (Å²) in [7, 11) is 0. The van der Waals surface area contributed by atoms with E-state index in [0.717, 1.165) is 0 Å². The van der Waals surface area contributed by atoms with Crippen LogP contribution in [-0.4, -0.2) is 15.4 Å². The lowest BCUT2D eigenvalue weighted by Gasteiger charge is -2.25. The maximum atomic E-state index is 10.7. The first-order valence-electron chi connectivity index (χ1n) is 3.32. The Hall–Kier alpha value is -0.570. The minimum atomic E-state index is -0.801. The number of rotatable bonds is 1. The number of carboxylic acids is 1.